The molecule has 2 nitrogen and oxygen atoms in total. The summed E-state index contributed by atoms with van der Waals surface area (Å²) in [6.07, 6.45) is 12.5. The highest BCUT2D eigenvalue weighted by Crippen LogP contribution is 2.17. The molecule has 1 N–H and O–H groups in total. The normalized spacial score (nSPS) is 26.1. The van der Waals surface area contributed by atoms with Crippen molar-refractivity contribution in [2.45, 2.75) is 32.1 Å². The molecule has 0 aromatic rings. The van der Waals surface area contributed by atoms with Crippen molar-refractivity contribution in [2.75, 3.05) is 19.7 Å². The average molecular weight is 207 g/mol. The minimum atomic E-state index is 0.832. The van der Waals surface area contributed by atoms with Crippen molar-refractivity contribution < 1.29 is 4.74 Å². The average Bonchev–Trinajstić information content (AvgIpc) is 2.32. The molecule has 1 aliphatic heterocycles. The molecule has 1 heterocycles. The lowest BCUT2D eigenvalue weighted by molar-refractivity contribution is 0.173. The zero-order valence-corrected chi connectivity index (χ0v) is 9.37. The van der Waals surface area contributed by atoms with Crippen LogP contribution in [0.3, 0.4) is 0 Å². The molecule has 2 heteroatoms. The van der Waals surface area contributed by atoms with E-state index in [1.807, 2.05) is 0 Å². The van der Waals surface area contributed by atoms with Crippen molar-refractivity contribution >= 4 is 0 Å². The molecular weight excluding hydrogens is 186 g/mol. The summed E-state index contributed by atoms with van der Waals surface area (Å²) in [5.41, 5.74) is 0. The van der Waals surface area contributed by atoms with Gasteiger partial charge in [-0.25, -0.2) is 0 Å². The number of ether oxygens (including phenoxy) is 1. The summed E-state index contributed by atoms with van der Waals surface area (Å²) in [5.74, 6) is 2.00. The third-order valence-corrected chi connectivity index (χ3v) is 3.19. The van der Waals surface area contributed by atoms with Gasteiger partial charge in [-0.3, -0.25) is 0 Å². The van der Waals surface area contributed by atoms with E-state index in [1.54, 1.807) is 0 Å². The second-order valence-electron chi connectivity index (χ2n) is 4.45. The van der Waals surface area contributed by atoms with E-state index in [0.717, 1.165) is 25.4 Å². The molecule has 84 valence electrons. The fourth-order valence-corrected chi connectivity index (χ4v) is 2.23. The Balaban J connectivity index is 1.61. The lowest BCUT2D eigenvalue weighted by atomic mass is 9.97. The molecule has 0 radical (unpaired) electrons. The van der Waals surface area contributed by atoms with Crippen LogP contribution in [0.15, 0.2) is 24.0 Å². The van der Waals surface area contributed by atoms with Crippen LogP contribution in [-0.2, 0) is 4.74 Å². The zero-order valence-electron chi connectivity index (χ0n) is 9.37. The van der Waals surface area contributed by atoms with Gasteiger partial charge in [0.1, 0.15) is 0 Å². The molecular formula is C13H21NO. The number of hydrogen-bond donors (Lipinski definition) is 1. The van der Waals surface area contributed by atoms with Crippen LogP contribution >= 0.6 is 0 Å². The van der Waals surface area contributed by atoms with Gasteiger partial charge in [0.05, 0.1) is 12.4 Å². The first kappa shape index (κ1) is 10.7. The van der Waals surface area contributed by atoms with Gasteiger partial charge in [0.2, 0.25) is 0 Å². The van der Waals surface area contributed by atoms with Crippen molar-refractivity contribution in [2.24, 2.45) is 5.92 Å². The van der Waals surface area contributed by atoms with Crippen molar-refractivity contribution in [1.29, 1.82) is 0 Å². The van der Waals surface area contributed by atoms with Crippen LogP contribution in [0.25, 0.3) is 0 Å². The molecule has 1 fully saturated rings. The van der Waals surface area contributed by atoms with Crippen LogP contribution in [0, 0.1) is 5.92 Å². The van der Waals surface area contributed by atoms with Gasteiger partial charge in [-0.05, 0) is 50.8 Å². The van der Waals surface area contributed by atoms with Gasteiger partial charge in [0, 0.05) is 6.42 Å². The van der Waals surface area contributed by atoms with Crippen molar-refractivity contribution in [3.63, 3.8) is 0 Å². The number of rotatable bonds is 4. The standard InChI is InChI=1S/C13H21NO/c1-2-6-13(7-3-1)15-10-8-12-5-4-9-14-11-12/h1-2,6,12,14H,3-5,7-11H2/t12-/m0/s1. The molecule has 0 unspecified atom stereocenters. The molecule has 0 amide bonds. The Kier molecular flexibility index (Phi) is 4.27. The highest BCUT2D eigenvalue weighted by atomic mass is 16.5. The summed E-state index contributed by atoms with van der Waals surface area (Å²) in [6.45, 7) is 3.28. The van der Waals surface area contributed by atoms with Crippen molar-refractivity contribution in [3.05, 3.63) is 24.0 Å². The summed E-state index contributed by atoms with van der Waals surface area (Å²) in [7, 11) is 0. The fraction of sp³-hybridized carbons (Fsp3) is 0.692. The van der Waals surface area contributed by atoms with E-state index in [-0.39, 0.29) is 0 Å². The molecule has 1 atom stereocenters. The third-order valence-electron chi connectivity index (χ3n) is 3.19. The maximum atomic E-state index is 5.77. The van der Waals surface area contributed by atoms with Crippen LogP contribution in [-0.4, -0.2) is 19.7 Å². The van der Waals surface area contributed by atoms with Gasteiger partial charge in [-0.1, -0.05) is 12.2 Å². The van der Waals surface area contributed by atoms with Crippen LogP contribution in [0.4, 0.5) is 0 Å². The molecule has 0 bridgehead atoms. The number of nitrogens with one attached hydrogen (secondary N) is 1. The molecule has 2 rings (SSSR count). The van der Waals surface area contributed by atoms with E-state index >= 15 is 0 Å². The van der Waals surface area contributed by atoms with E-state index in [9.17, 15) is 0 Å². The first-order chi connectivity index (χ1) is 7.45. The van der Waals surface area contributed by atoms with Crippen LogP contribution in [0.2, 0.25) is 0 Å². The summed E-state index contributed by atoms with van der Waals surface area (Å²) in [5, 5.41) is 3.44. The highest BCUT2D eigenvalue weighted by molar-refractivity contribution is 5.12. The molecule has 0 aromatic heterocycles. The predicted octanol–water partition coefficient (Wildman–Crippen LogP) is 2.63. The maximum absolute atomic E-state index is 5.77. The van der Waals surface area contributed by atoms with Crippen molar-refractivity contribution in [1.82, 2.24) is 5.32 Å². The SMILES string of the molecule is C1=CCCC(OCC[C@@H]2CCCNC2)=C1. The molecule has 0 saturated carbocycles. The van der Waals surface area contributed by atoms with Crippen LogP contribution < -0.4 is 5.32 Å². The molecule has 2 aliphatic rings. The molecule has 15 heavy (non-hydrogen) atoms. The van der Waals surface area contributed by atoms with Gasteiger partial charge in [-0.2, -0.15) is 0 Å². The van der Waals surface area contributed by atoms with Gasteiger partial charge in [0.25, 0.3) is 0 Å². The first-order valence-corrected chi connectivity index (χ1v) is 6.14. The largest absolute Gasteiger partial charge is 0.498 e. The smallest absolute Gasteiger partial charge is 0.0962 e. The Morgan fingerprint density at radius 2 is 2.47 bits per heavy atom. The van der Waals surface area contributed by atoms with Gasteiger partial charge in [-0.15, -0.1) is 0 Å². The third kappa shape index (κ3) is 3.71. The Bertz CT molecular complexity index is 239. The second-order valence-corrected chi connectivity index (χ2v) is 4.45. The summed E-state index contributed by atoms with van der Waals surface area (Å²) >= 11 is 0. The van der Waals surface area contributed by atoms with Crippen molar-refractivity contribution in [3.8, 4) is 0 Å². The van der Waals surface area contributed by atoms with E-state index in [2.05, 4.69) is 23.5 Å². The van der Waals surface area contributed by atoms with Crippen LogP contribution in [0.1, 0.15) is 32.1 Å². The first-order valence-electron chi connectivity index (χ1n) is 6.14. The van der Waals surface area contributed by atoms with E-state index in [1.165, 1.54) is 38.1 Å². The van der Waals surface area contributed by atoms with Crippen LogP contribution in [0.5, 0.6) is 0 Å². The molecule has 0 aromatic carbocycles. The lowest BCUT2D eigenvalue weighted by Crippen LogP contribution is -2.30. The summed E-state index contributed by atoms with van der Waals surface area (Å²) in [4.78, 5) is 0. The summed E-state index contributed by atoms with van der Waals surface area (Å²) < 4.78 is 5.77. The zero-order chi connectivity index (χ0) is 10.3. The predicted molar refractivity (Wildman–Crippen MR) is 62.6 cm³/mol. The summed E-state index contributed by atoms with van der Waals surface area (Å²) in [6, 6.07) is 0. The maximum Gasteiger partial charge on any atom is 0.0962 e. The quantitative estimate of drug-likeness (QED) is 0.765. The lowest BCUT2D eigenvalue weighted by Gasteiger charge is -2.23. The number of hydrogen-bond acceptors (Lipinski definition) is 2. The fourth-order valence-electron chi connectivity index (χ4n) is 2.23. The van der Waals surface area contributed by atoms with Gasteiger partial charge in [0.15, 0.2) is 0 Å². The molecule has 1 saturated heterocycles. The van der Waals surface area contributed by atoms with Gasteiger partial charge < -0.3 is 10.1 Å². The second kappa shape index (κ2) is 5.96. The Hall–Kier alpha value is -0.760. The highest BCUT2D eigenvalue weighted by Gasteiger charge is 2.12. The Morgan fingerprint density at radius 3 is 3.20 bits per heavy atom. The molecule has 0 spiro atoms. The minimum absolute atomic E-state index is 0.832. The number of allylic oxidation sites excluding steroid dienone is 4. The Labute approximate surface area is 92.4 Å². The van der Waals surface area contributed by atoms with E-state index in [0.29, 0.717) is 0 Å². The minimum Gasteiger partial charge on any atom is -0.498 e. The Morgan fingerprint density at radius 1 is 1.47 bits per heavy atom. The van der Waals surface area contributed by atoms with E-state index < -0.39 is 0 Å². The molecule has 1 aliphatic carbocycles. The topological polar surface area (TPSA) is 21.3 Å². The number of piperidine rings is 1. The monoisotopic (exact) mass is 207 g/mol. The van der Waals surface area contributed by atoms with Gasteiger partial charge >= 0.3 is 0 Å². The van der Waals surface area contributed by atoms with E-state index in [4.69, 9.17) is 4.74 Å².